The van der Waals surface area contributed by atoms with Gasteiger partial charge in [0.2, 0.25) is 0 Å². The molecule has 1 heterocycles. The zero-order chi connectivity index (χ0) is 24.6. The van der Waals surface area contributed by atoms with Gasteiger partial charge in [0.1, 0.15) is 5.54 Å². The van der Waals surface area contributed by atoms with E-state index in [1.807, 2.05) is 0 Å². The van der Waals surface area contributed by atoms with Crippen LogP contribution in [0.1, 0.15) is 41.7 Å². The van der Waals surface area contributed by atoms with E-state index in [1.165, 1.54) is 14.0 Å². The third-order valence-electron chi connectivity index (χ3n) is 5.69. The van der Waals surface area contributed by atoms with Crippen molar-refractivity contribution in [2.24, 2.45) is 0 Å². The number of urea groups is 1. The van der Waals surface area contributed by atoms with E-state index in [1.54, 1.807) is 30.3 Å². The predicted octanol–water partition coefficient (Wildman–Crippen LogP) is 5.06. The van der Waals surface area contributed by atoms with E-state index in [4.69, 9.17) is 4.74 Å². The van der Waals surface area contributed by atoms with Crippen molar-refractivity contribution >= 4 is 6.03 Å². The molecule has 0 aromatic heterocycles. The highest BCUT2D eigenvalue weighted by Crippen LogP contribution is 2.39. The van der Waals surface area contributed by atoms with E-state index in [2.05, 4.69) is 5.32 Å². The van der Waals surface area contributed by atoms with Crippen LogP contribution in [-0.4, -0.2) is 35.9 Å². The van der Waals surface area contributed by atoms with Gasteiger partial charge < -0.3 is 15.2 Å². The van der Waals surface area contributed by atoms with Gasteiger partial charge in [-0.1, -0.05) is 30.3 Å². The Morgan fingerprint density at radius 1 is 1.06 bits per heavy atom. The van der Waals surface area contributed by atoms with E-state index >= 15 is 0 Å². The molecule has 0 saturated carbocycles. The Morgan fingerprint density at radius 3 is 2.06 bits per heavy atom. The van der Waals surface area contributed by atoms with Crippen molar-refractivity contribution in [2.45, 2.75) is 43.6 Å². The van der Waals surface area contributed by atoms with Crippen LogP contribution >= 0.6 is 0 Å². The summed E-state index contributed by atoms with van der Waals surface area (Å²) in [5.41, 5.74) is -3.84. The number of carbonyl (C=O) groups is 1. The van der Waals surface area contributed by atoms with Crippen molar-refractivity contribution in [3.05, 3.63) is 70.8 Å². The summed E-state index contributed by atoms with van der Waals surface area (Å²) in [6.07, 6.45) is -12.3. The highest BCUT2D eigenvalue weighted by atomic mass is 19.4. The Bertz CT molecular complexity index is 964. The number of nitrogens with one attached hydrogen (secondary N) is 1. The monoisotopic (exact) mass is 476 g/mol. The normalized spacial score (nSPS) is 22.4. The number of aliphatic hydroxyl groups excluding tert-OH is 1. The molecule has 1 saturated heterocycles. The molecule has 0 radical (unpaired) electrons. The molecule has 2 aromatic rings. The van der Waals surface area contributed by atoms with Gasteiger partial charge in [0.05, 0.1) is 23.8 Å². The molecule has 1 aliphatic heterocycles. The zero-order valence-corrected chi connectivity index (χ0v) is 17.7. The first-order valence-electron chi connectivity index (χ1n) is 9.95. The van der Waals surface area contributed by atoms with Crippen molar-refractivity contribution in [3.63, 3.8) is 0 Å². The van der Waals surface area contributed by atoms with Crippen LogP contribution in [0.4, 0.5) is 31.1 Å². The highest BCUT2D eigenvalue weighted by Gasteiger charge is 2.50. The standard InChI is InChI=1S/C22H22F6N2O3/c1-13(14-10-16(21(23,24)25)12-17(11-14)22(26,27)28)33-9-8-20(15-6-4-3-5-7-15)18(31)30(2)19(32)29-20/h3-7,10-13,18,31H,8-9H2,1-2H3,(H,29,32)/t13-,18+,20-/m1/s1. The van der Waals surface area contributed by atoms with Crippen molar-refractivity contribution < 1.29 is 41.0 Å². The fourth-order valence-electron chi connectivity index (χ4n) is 3.78. The second kappa shape index (κ2) is 8.86. The molecule has 2 N–H and O–H groups in total. The summed E-state index contributed by atoms with van der Waals surface area (Å²) in [5, 5.41) is 13.4. The quantitative estimate of drug-likeness (QED) is 0.573. The summed E-state index contributed by atoms with van der Waals surface area (Å²) in [6.45, 7) is 1.17. The first-order valence-corrected chi connectivity index (χ1v) is 9.95. The molecule has 180 valence electrons. The number of hydrogen-bond donors (Lipinski definition) is 2. The van der Waals surface area contributed by atoms with Gasteiger partial charge >= 0.3 is 18.4 Å². The van der Waals surface area contributed by atoms with Gasteiger partial charge in [-0.2, -0.15) is 26.3 Å². The summed E-state index contributed by atoms with van der Waals surface area (Å²) >= 11 is 0. The van der Waals surface area contributed by atoms with E-state index < -0.39 is 47.4 Å². The van der Waals surface area contributed by atoms with Crippen LogP contribution < -0.4 is 5.32 Å². The van der Waals surface area contributed by atoms with Gasteiger partial charge in [-0.3, -0.25) is 4.90 Å². The first-order chi connectivity index (χ1) is 15.3. The molecular formula is C22H22F6N2O3. The van der Waals surface area contributed by atoms with Gasteiger partial charge in [0.15, 0.2) is 6.23 Å². The number of carbonyl (C=O) groups excluding carboxylic acids is 1. The van der Waals surface area contributed by atoms with E-state index in [-0.39, 0.29) is 24.7 Å². The van der Waals surface area contributed by atoms with Crippen LogP contribution in [0.5, 0.6) is 0 Å². The molecular weight excluding hydrogens is 454 g/mol. The third-order valence-corrected chi connectivity index (χ3v) is 5.69. The molecule has 2 aromatic carbocycles. The summed E-state index contributed by atoms with van der Waals surface area (Å²) < 4.78 is 84.4. The van der Waals surface area contributed by atoms with Crippen LogP contribution in [0.15, 0.2) is 48.5 Å². The molecule has 5 nitrogen and oxygen atoms in total. The summed E-state index contributed by atoms with van der Waals surface area (Å²) in [4.78, 5) is 13.3. The highest BCUT2D eigenvalue weighted by molar-refractivity contribution is 5.78. The Kier molecular flexibility index (Phi) is 6.67. The topological polar surface area (TPSA) is 61.8 Å². The Morgan fingerprint density at radius 2 is 1.61 bits per heavy atom. The Balaban J connectivity index is 1.83. The van der Waals surface area contributed by atoms with Crippen LogP contribution in [0.25, 0.3) is 0 Å². The van der Waals surface area contributed by atoms with Crippen LogP contribution in [0.3, 0.4) is 0 Å². The molecule has 0 bridgehead atoms. The predicted molar refractivity (Wildman–Crippen MR) is 106 cm³/mol. The van der Waals surface area contributed by atoms with Gasteiger partial charge in [-0.25, -0.2) is 4.79 Å². The molecule has 0 unspecified atom stereocenters. The van der Waals surface area contributed by atoms with Gasteiger partial charge in [-0.15, -0.1) is 0 Å². The lowest BCUT2D eigenvalue weighted by atomic mass is 9.86. The maximum atomic E-state index is 13.1. The molecule has 3 atom stereocenters. The molecule has 33 heavy (non-hydrogen) atoms. The zero-order valence-electron chi connectivity index (χ0n) is 17.7. The second-order valence-electron chi connectivity index (χ2n) is 7.85. The number of hydrogen-bond acceptors (Lipinski definition) is 3. The van der Waals surface area contributed by atoms with Gasteiger partial charge in [0.25, 0.3) is 0 Å². The largest absolute Gasteiger partial charge is 0.416 e. The number of amides is 2. The number of alkyl halides is 6. The molecule has 1 aliphatic rings. The van der Waals surface area contributed by atoms with E-state index in [0.717, 1.165) is 4.90 Å². The summed E-state index contributed by atoms with van der Waals surface area (Å²) in [7, 11) is 1.40. The lowest BCUT2D eigenvalue weighted by molar-refractivity contribution is -0.143. The van der Waals surface area contributed by atoms with Crippen molar-refractivity contribution in [2.75, 3.05) is 13.7 Å². The average molecular weight is 476 g/mol. The number of ether oxygens (including phenoxy) is 1. The van der Waals surface area contributed by atoms with Crippen molar-refractivity contribution in [3.8, 4) is 0 Å². The SMILES string of the molecule is C[C@@H](OCC[C@]1(c2ccccc2)NC(=O)N(C)[C@H]1O)c1cc(C(F)(F)F)cc(C(F)(F)F)c1. The number of halogens is 6. The van der Waals surface area contributed by atoms with Crippen molar-refractivity contribution in [1.82, 2.24) is 10.2 Å². The lowest BCUT2D eigenvalue weighted by Crippen LogP contribution is -2.47. The molecule has 1 fully saturated rings. The van der Waals surface area contributed by atoms with Crippen molar-refractivity contribution in [1.29, 1.82) is 0 Å². The fourth-order valence-corrected chi connectivity index (χ4v) is 3.78. The molecule has 3 rings (SSSR count). The molecule has 2 amide bonds. The Hall–Kier alpha value is -2.79. The van der Waals surface area contributed by atoms with E-state index in [0.29, 0.717) is 17.7 Å². The minimum atomic E-state index is -4.96. The van der Waals surface area contributed by atoms with Crippen LogP contribution in [0, 0.1) is 0 Å². The smallest absolute Gasteiger partial charge is 0.374 e. The maximum absolute atomic E-state index is 13.1. The molecule has 11 heteroatoms. The van der Waals surface area contributed by atoms with Gasteiger partial charge in [0, 0.05) is 13.5 Å². The summed E-state index contributed by atoms with van der Waals surface area (Å²) in [5.74, 6) is 0. The first kappa shape index (κ1) is 24.8. The number of benzene rings is 2. The van der Waals surface area contributed by atoms with E-state index in [9.17, 15) is 36.2 Å². The lowest BCUT2D eigenvalue weighted by Gasteiger charge is -2.33. The minimum Gasteiger partial charge on any atom is -0.374 e. The number of likely N-dealkylation sites (N-methyl/N-ethyl adjacent to an activating group) is 1. The number of rotatable bonds is 6. The summed E-state index contributed by atoms with van der Waals surface area (Å²) in [6, 6.07) is 9.29. The Labute approximate surface area is 186 Å². The molecule has 0 spiro atoms. The third kappa shape index (κ3) is 5.09. The second-order valence-corrected chi connectivity index (χ2v) is 7.85. The fraction of sp³-hybridized carbons (Fsp3) is 0.409. The molecule has 0 aliphatic carbocycles. The average Bonchev–Trinajstić information content (AvgIpc) is 2.97. The number of aliphatic hydroxyl groups is 1. The van der Waals surface area contributed by atoms with Crippen LogP contribution in [-0.2, 0) is 22.6 Å². The van der Waals surface area contributed by atoms with Gasteiger partial charge in [-0.05, 0) is 36.2 Å². The number of nitrogens with zero attached hydrogens (tertiary/aromatic N) is 1. The minimum absolute atomic E-state index is 0.0175. The van der Waals surface area contributed by atoms with Crippen LogP contribution in [0.2, 0.25) is 0 Å². The maximum Gasteiger partial charge on any atom is 0.416 e.